The van der Waals surface area contributed by atoms with Crippen LogP contribution >= 0.6 is 0 Å². The Kier molecular flexibility index (Phi) is 5.22. The fourth-order valence-corrected chi connectivity index (χ4v) is 3.91. The van der Waals surface area contributed by atoms with E-state index in [1.165, 1.54) is 4.57 Å². The third kappa shape index (κ3) is 3.89. The molecule has 7 nitrogen and oxygen atoms in total. The fraction of sp³-hybridized carbons (Fsp3) is 0.154. The van der Waals surface area contributed by atoms with Gasteiger partial charge in [-0.05, 0) is 61.4 Å². The predicted molar refractivity (Wildman–Crippen MR) is 126 cm³/mol. The molecule has 0 radical (unpaired) electrons. The van der Waals surface area contributed by atoms with Crippen LogP contribution in [0.4, 0.5) is 5.69 Å². The van der Waals surface area contributed by atoms with Crippen LogP contribution in [-0.2, 0) is 11.3 Å². The number of carbonyl (C=O) groups excluding carboxylic acids is 1. The highest BCUT2D eigenvalue weighted by molar-refractivity contribution is 5.91. The molecule has 5 rings (SSSR count). The minimum Gasteiger partial charge on any atom is -0.454 e. The van der Waals surface area contributed by atoms with Crippen molar-refractivity contribution >= 4 is 11.6 Å². The molecule has 0 saturated heterocycles. The Morgan fingerprint density at radius 2 is 1.76 bits per heavy atom. The molecular weight excluding hydrogens is 418 g/mol. The van der Waals surface area contributed by atoms with Gasteiger partial charge in [0, 0.05) is 17.4 Å². The molecule has 1 N–H and O–H groups in total. The fourth-order valence-electron chi connectivity index (χ4n) is 3.91. The number of hydrogen-bond donors (Lipinski definition) is 1. The number of nitrogens with zero attached hydrogens (tertiary/aromatic N) is 2. The molecule has 1 aromatic heterocycles. The first-order valence-electron chi connectivity index (χ1n) is 10.6. The van der Waals surface area contributed by atoms with Gasteiger partial charge in [-0.3, -0.25) is 13.9 Å². The number of hydrogen-bond acceptors (Lipinski definition) is 4. The lowest BCUT2D eigenvalue weighted by Gasteiger charge is -2.12. The van der Waals surface area contributed by atoms with Gasteiger partial charge >= 0.3 is 5.69 Å². The number of imidazole rings is 1. The van der Waals surface area contributed by atoms with Crippen LogP contribution in [0.5, 0.6) is 11.5 Å². The maximum atomic E-state index is 13.4. The molecule has 2 heterocycles. The van der Waals surface area contributed by atoms with Crippen molar-refractivity contribution in [3.8, 4) is 28.4 Å². The third-order valence-corrected chi connectivity index (χ3v) is 5.86. The van der Waals surface area contributed by atoms with Crippen LogP contribution in [0.2, 0.25) is 0 Å². The van der Waals surface area contributed by atoms with Gasteiger partial charge in [0.15, 0.2) is 11.5 Å². The summed E-state index contributed by atoms with van der Waals surface area (Å²) in [5, 5.41) is 2.94. The van der Waals surface area contributed by atoms with Gasteiger partial charge < -0.3 is 14.8 Å². The lowest BCUT2D eigenvalue weighted by molar-refractivity contribution is -0.116. The van der Waals surface area contributed by atoms with Crippen LogP contribution in [-0.4, -0.2) is 21.8 Å². The lowest BCUT2D eigenvalue weighted by Crippen LogP contribution is -2.29. The smallest absolute Gasteiger partial charge is 0.333 e. The van der Waals surface area contributed by atoms with Crippen molar-refractivity contribution in [1.82, 2.24) is 9.13 Å². The Hall–Kier alpha value is -4.26. The number of amides is 1. The first-order valence-corrected chi connectivity index (χ1v) is 10.6. The monoisotopic (exact) mass is 441 g/mol. The number of benzene rings is 3. The molecule has 0 bridgehead atoms. The molecular formula is C26H23N3O4. The zero-order valence-corrected chi connectivity index (χ0v) is 18.4. The molecule has 166 valence electrons. The van der Waals surface area contributed by atoms with Gasteiger partial charge in [-0.25, -0.2) is 4.79 Å². The second-order valence-electron chi connectivity index (χ2n) is 7.95. The second-order valence-corrected chi connectivity index (χ2v) is 7.95. The zero-order valence-electron chi connectivity index (χ0n) is 18.4. The number of para-hydroxylation sites is 1. The third-order valence-electron chi connectivity index (χ3n) is 5.86. The molecule has 1 aliphatic rings. The average Bonchev–Trinajstić information content (AvgIpc) is 3.42. The highest BCUT2D eigenvalue weighted by Gasteiger charge is 2.20. The molecule has 0 unspecified atom stereocenters. The van der Waals surface area contributed by atoms with E-state index in [0.29, 0.717) is 17.2 Å². The number of aromatic nitrogens is 2. The minimum atomic E-state index is -0.301. The average molecular weight is 441 g/mol. The molecule has 0 atom stereocenters. The van der Waals surface area contributed by atoms with Gasteiger partial charge in [-0.15, -0.1) is 0 Å². The van der Waals surface area contributed by atoms with Crippen molar-refractivity contribution in [3.63, 3.8) is 0 Å². The Labute approximate surface area is 190 Å². The molecule has 3 aromatic carbocycles. The molecule has 7 heteroatoms. The molecule has 0 fully saturated rings. The first-order chi connectivity index (χ1) is 16.0. The van der Waals surface area contributed by atoms with E-state index >= 15 is 0 Å². The van der Waals surface area contributed by atoms with E-state index in [9.17, 15) is 9.59 Å². The molecule has 1 aliphatic heterocycles. The summed E-state index contributed by atoms with van der Waals surface area (Å²) in [6, 6.07) is 20.6. The van der Waals surface area contributed by atoms with Crippen molar-refractivity contribution in [1.29, 1.82) is 0 Å². The standard InChI is InChI=1S/C26H23N3O4/c1-17-7-6-10-21(18(17)2)27-25(30)15-29-22(19-11-12-23-24(13-19)33-16-32-23)14-28(26(29)31)20-8-4-3-5-9-20/h3-14H,15-16H2,1-2H3,(H,27,30). The zero-order chi connectivity index (χ0) is 22.9. The van der Waals surface area contributed by atoms with E-state index in [-0.39, 0.29) is 24.9 Å². The highest BCUT2D eigenvalue weighted by atomic mass is 16.7. The summed E-state index contributed by atoms with van der Waals surface area (Å²) in [4.78, 5) is 26.4. The van der Waals surface area contributed by atoms with E-state index in [2.05, 4.69) is 5.32 Å². The number of fused-ring (bicyclic) bond motifs is 1. The van der Waals surface area contributed by atoms with E-state index < -0.39 is 0 Å². The largest absolute Gasteiger partial charge is 0.454 e. The molecule has 1 amide bonds. The molecule has 0 spiro atoms. The number of aryl methyl sites for hydroxylation is 1. The lowest BCUT2D eigenvalue weighted by atomic mass is 10.1. The van der Waals surface area contributed by atoms with Crippen LogP contribution in [0.3, 0.4) is 0 Å². The summed E-state index contributed by atoms with van der Waals surface area (Å²) in [6.45, 7) is 3.99. The summed E-state index contributed by atoms with van der Waals surface area (Å²) in [7, 11) is 0. The summed E-state index contributed by atoms with van der Waals surface area (Å²) in [5.74, 6) is 0.986. The Morgan fingerprint density at radius 3 is 2.58 bits per heavy atom. The number of ether oxygens (including phenoxy) is 2. The molecule has 4 aromatic rings. The quantitative estimate of drug-likeness (QED) is 0.501. The van der Waals surface area contributed by atoms with Crippen LogP contribution < -0.4 is 20.5 Å². The van der Waals surface area contributed by atoms with Crippen LogP contribution in [0.1, 0.15) is 11.1 Å². The van der Waals surface area contributed by atoms with Crippen molar-refractivity contribution < 1.29 is 14.3 Å². The molecule has 33 heavy (non-hydrogen) atoms. The Balaban J connectivity index is 1.55. The van der Waals surface area contributed by atoms with E-state index in [1.807, 2.05) is 80.6 Å². The van der Waals surface area contributed by atoms with Gasteiger partial charge in [-0.2, -0.15) is 0 Å². The molecule has 0 aliphatic carbocycles. The maximum absolute atomic E-state index is 13.4. The summed E-state index contributed by atoms with van der Waals surface area (Å²) in [5.41, 5.74) is 4.60. The first kappa shape index (κ1) is 20.6. The Morgan fingerprint density at radius 1 is 0.970 bits per heavy atom. The number of nitrogens with one attached hydrogen (secondary N) is 1. The van der Waals surface area contributed by atoms with Crippen molar-refractivity contribution in [3.05, 3.63) is 94.5 Å². The topological polar surface area (TPSA) is 74.5 Å². The van der Waals surface area contributed by atoms with Crippen LogP contribution in [0.15, 0.2) is 77.7 Å². The van der Waals surface area contributed by atoms with Crippen LogP contribution in [0.25, 0.3) is 16.9 Å². The van der Waals surface area contributed by atoms with Gasteiger partial charge in [0.2, 0.25) is 12.7 Å². The van der Waals surface area contributed by atoms with Crippen molar-refractivity contribution in [2.45, 2.75) is 20.4 Å². The minimum absolute atomic E-state index is 0.129. The summed E-state index contributed by atoms with van der Waals surface area (Å²) < 4.78 is 13.9. The highest BCUT2D eigenvalue weighted by Crippen LogP contribution is 2.36. The van der Waals surface area contributed by atoms with Crippen LogP contribution in [0, 0.1) is 13.8 Å². The van der Waals surface area contributed by atoms with Gasteiger partial charge in [0.05, 0.1) is 11.4 Å². The van der Waals surface area contributed by atoms with Gasteiger partial charge in [0.25, 0.3) is 0 Å². The molecule has 0 saturated carbocycles. The summed E-state index contributed by atoms with van der Waals surface area (Å²) in [6.07, 6.45) is 1.75. The van der Waals surface area contributed by atoms with Gasteiger partial charge in [-0.1, -0.05) is 30.3 Å². The van der Waals surface area contributed by atoms with Gasteiger partial charge in [0.1, 0.15) is 6.54 Å². The van der Waals surface area contributed by atoms with E-state index in [1.54, 1.807) is 10.8 Å². The van der Waals surface area contributed by atoms with E-state index in [0.717, 1.165) is 28.1 Å². The maximum Gasteiger partial charge on any atom is 0.333 e. The second kappa shape index (κ2) is 8.35. The van der Waals surface area contributed by atoms with Crippen molar-refractivity contribution in [2.24, 2.45) is 0 Å². The number of carbonyl (C=O) groups is 1. The number of anilines is 1. The summed E-state index contributed by atoms with van der Waals surface area (Å²) >= 11 is 0. The van der Waals surface area contributed by atoms with Crippen molar-refractivity contribution in [2.75, 3.05) is 12.1 Å². The van der Waals surface area contributed by atoms with E-state index in [4.69, 9.17) is 9.47 Å². The normalized spacial score (nSPS) is 12.1. The SMILES string of the molecule is Cc1cccc(NC(=O)Cn2c(-c3ccc4c(c3)OCO4)cn(-c3ccccc3)c2=O)c1C. The number of rotatable bonds is 5. The predicted octanol–water partition coefficient (Wildman–Crippen LogP) is 4.29. The Bertz CT molecular complexity index is 1400.